The Bertz CT molecular complexity index is 779. The molecule has 1 aromatic heterocycles. The first-order chi connectivity index (χ1) is 11.7. The van der Waals surface area contributed by atoms with Crippen LogP contribution in [0.5, 0.6) is 0 Å². The van der Waals surface area contributed by atoms with Crippen LogP contribution in [-0.2, 0) is 0 Å². The standard InChI is InChI=1S/C18H14N4O2/c23-17(13-7-3-1-4-8-13)21-15-16(20-12-11-19-15)22-18(24)14-9-5-2-6-10-14/h1-12H,(H,19,21,23)(H,20,22,24). The molecule has 2 N–H and O–H groups in total. The Balaban J connectivity index is 1.78. The highest BCUT2D eigenvalue weighted by molar-refractivity contribution is 6.08. The molecule has 6 nitrogen and oxygen atoms in total. The third kappa shape index (κ3) is 3.61. The number of amides is 2. The number of benzene rings is 2. The van der Waals surface area contributed by atoms with Crippen molar-refractivity contribution >= 4 is 23.5 Å². The van der Waals surface area contributed by atoms with Crippen LogP contribution in [0.25, 0.3) is 0 Å². The van der Waals surface area contributed by atoms with E-state index >= 15 is 0 Å². The molecular formula is C18H14N4O2. The summed E-state index contributed by atoms with van der Waals surface area (Å²) in [6, 6.07) is 17.5. The molecule has 24 heavy (non-hydrogen) atoms. The molecule has 6 heteroatoms. The van der Waals surface area contributed by atoms with Crippen LogP contribution < -0.4 is 10.6 Å². The molecule has 2 aromatic carbocycles. The van der Waals surface area contributed by atoms with Crippen LogP contribution in [0.15, 0.2) is 73.1 Å². The van der Waals surface area contributed by atoms with Crippen molar-refractivity contribution in [1.29, 1.82) is 0 Å². The van der Waals surface area contributed by atoms with Gasteiger partial charge in [0.15, 0.2) is 11.6 Å². The SMILES string of the molecule is O=C(Nc1nccnc1NC(=O)c1ccccc1)c1ccccc1. The minimum Gasteiger partial charge on any atom is -0.303 e. The normalized spacial score (nSPS) is 10.0. The second-order valence-corrected chi connectivity index (χ2v) is 4.89. The van der Waals surface area contributed by atoms with Gasteiger partial charge in [-0.1, -0.05) is 36.4 Å². The lowest BCUT2D eigenvalue weighted by molar-refractivity contribution is 0.101. The smallest absolute Gasteiger partial charge is 0.256 e. The zero-order chi connectivity index (χ0) is 16.8. The first-order valence-corrected chi connectivity index (χ1v) is 7.28. The Morgan fingerprint density at radius 2 is 1.00 bits per heavy atom. The van der Waals surface area contributed by atoms with Crippen LogP contribution in [0.1, 0.15) is 20.7 Å². The average Bonchev–Trinajstić information content (AvgIpc) is 2.64. The van der Waals surface area contributed by atoms with Crippen LogP contribution in [0, 0.1) is 0 Å². The van der Waals surface area contributed by atoms with Crippen molar-refractivity contribution in [3.8, 4) is 0 Å². The van der Waals surface area contributed by atoms with Gasteiger partial charge in [0.1, 0.15) is 0 Å². The zero-order valence-electron chi connectivity index (χ0n) is 12.6. The molecule has 0 spiro atoms. The van der Waals surface area contributed by atoms with Crippen LogP contribution in [0.4, 0.5) is 11.6 Å². The highest BCUT2D eigenvalue weighted by Gasteiger charge is 2.13. The summed E-state index contributed by atoms with van der Waals surface area (Å²) >= 11 is 0. The molecule has 2 amide bonds. The molecule has 118 valence electrons. The summed E-state index contributed by atoms with van der Waals surface area (Å²) in [5.41, 5.74) is 0.979. The van der Waals surface area contributed by atoms with E-state index in [9.17, 15) is 9.59 Å². The van der Waals surface area contributed by atoms with Gasteiger partial charge in [0.25, 0.3) is 11.8 Å². The highest BCUT2D eigenvalue weighted by atomic mass is 16.2. The quantitative estimate of drug-likeness (QED) is 0.774. The van der Waals surface area contributed by atoms with E-state index in [4.69, 9.17) is 0 Å². The maximum absolute atomic E-state index is 12.2. The molecule has 0 bridgehead atoms. The van der Waals surface area contributed by atoms with Crippen LogP contribution in [0.2, 0.25) is 0 Å². The lowest BCUT2D eigenvalue weighted by atomic mass is 10.2. The molecule has 0 saturated heterocycles. The molecule has 0 unspecified atom stereocenters. The van der Waals surface area contributed by atoms with Crippen LogP contribution in [-0.4, -0.2) is 21.8 Å². The number of nitrogens with one attached hydrogen (secondary N) is 2. The highest BCUT2D eigenvalue weighted by Crippen LogP contribution is 2.17. The maximum Gasteiger partial charge on any atom is 0.256 e. The lowest BCUT2D eigenvalue weighted by Gasteiger charge is -2.10. The van der Waals surface area contributed by atoms with Gasteiger partial charge in [-0.3, -0.25) is 9.59 Å². The number of carbonyl (C=O) groups excluding carboxylic acids is 2. The average molecular weight is 318 g/mol. The summed E-state index contributed by atoms with van der Waals surface area (Å²) in [6.45, 7) is 0. The fraction of sp³-hybridized carbons (Fsp3) is 0. The van der Waals surface area contributed by atoms with E-state index in [2.05, 4.69) is 20.6 Å². The number of hydrogen-bond donors (Lipinski definition) is 2. The van der Waals surface area contributed by atoms with Crippen molar-refractivity contribution in [3.05, 3.63) is 84.2 Å². The van der Waals surface area contributed by atoms with E-state index in [1.807, 2.05) is 12.1 Å². The van der Waals surface area contributed by atoms with E-state index in [1.165, 1.54) is 12.4 Å². The Kier molecular flexibility index (Phi) is 4.57. The van der Waals surface area contributed by atoms with Gasteiger partial charge in [-0.25, -0.2) is 9.97 Å². The van der Waals surface area contributed by atoms with Crippen molar-refractivity contribution < 1.29 is 9.59 Å². The first kappa shape index (κ1) is 15.4. The van der Waals surface area contributed by atoms with Gasteiger partial charge in [-0.2, -0.15) is 0 Å². The summed E-state index contributed by atoms with van der Waals surface area (Å²) < 4.78 is 0. The topological polar surface area (TPSA) is 84.0 Å². The first-order valence-electron chi connectivity index (χ1n) is 7.28. The molecule has 3 aromatic rings. The zero-order valence-corrected chi connectivity index (χ0v) is 12.6. The molecule has 0 atom stereocenters. The minimum absolute atomic E-state index is 0.190. The molecule has 0 aliphatic heterocycles. The van der Waals surface area contributed by atoms with Crippen molar-refractivity contribution in [3.63, 3.8) is 0 Å². The van der Waals surface area contributed by atoms with Gasteiger partial charge in [-0.15, -0.1) is 0 Å². The van der Waals surface area contributed by atoms with E-state index < -0.39 is 0 Å². The second-order valence-electron chi connectivity index (χ2n) is 4.89. The molecule has 0 aliphatic carbocycles. The number of rotatable bonds is 4. The van der Waals surface area contributed by atoms with Crippen molar-refractivity contribution in [2.75, 3.05) is 10.6 Å². The Morgan fingerprint density at radius 3 is 1.38 bits per heavy atom. The van der Waals surface area contributed by atoms with Gasteiger partial charge in [0, 0.05) is 23.5 Å². The molecule has 0 saturated carbocycles. The van der Waals surface area contributed by atoms with Gasteiger partial charge >= 0.3 is 0 Å². The number of carbonyl (C=O) groups is 2. The summed E-state index contributed by atoms with van der Waals surface area (Å²) in [7, 11) is 0. The predicted molar refractivity (Wildman–Crippen MR) is 90.8 cm³/mol. The Hall–Kier alpha value is -3.54. The van der Waals surface area contributed by atoms with Crippen LogP contribution >= 0.6 is 0 Å². The number of hydrogen-bond acceptors (Lipinski definition) is 4. The Labute approximate surface area is 138 Å². The second kappa shape index (κ2) is 7.15. The summed E-state index contributed by atoms with van der Waals surface area (Å²) in [4.78, 5) is 32.6. The monoisotopic (exact) mass is 318 g/mol. The molecule has 3 rings (SSSR count). The summed E-state index contributed by atoms with van der Waals surface area (Å²) in [5.74, 6) is -0.274. The van der Waals surface area contributed by atoms with E-state index in [-0.39, 0.29) is 23.5 Å². The largest absolute Gasteiger partial charge is 0.303 e. The molecular weight excluding hydrogens is 304 g/mol. The fourth-order valence-electron chi connectivity index (χ4n) is 2.06. The van der Waals surface area contributed by atoms with E-state index in [0.717, 1.165) is 0 Å². The van der Waals surface area contributed by atoms with Gasteiger partial charge in [0.05, 0.1) is 0 Å². The van der Waals surface area contributed by atoms with Crippen molar-refractivity contribution in [1.82, 2.24) is 9.97 Å². The van der Waals surface area contributed by atoms with Crippen molar-refractivity contribution in [2.45, 2.75) is 0 Å². The van der Waals surface area contributed by atoms with Crippen molar-refractivity contribution in [2.24, 2.45) is 0 Å². The maximum atomic E-state index is 12.2. The third-order valence-corrected chi connectivity index (χ3v) is 3.23. The summed E-state index contributed by atoms with van der Waals surface area (Å²) in [5, 5.41) is 5.31. The van der Waals surface area contributed by atoms with Gasteiger partial charge in [0.2, 0.25) is 0 Å². The number of anilines is 2. The van der Waals surface area contributed by atoms with Gasteiger partial charge < -0.3 is 10.6 Å². The predicted octanol–water partition coefficient (Wildman–Crippen LogP) is 2.98. The fourth-order valence-corrected chi connectivity index (χ4v) is 2.06. The molecule has 0 radical (unpaired) electrons. The van der Waals surface area contributed by atoms with E-state index in [0.29, 0.717) is 11.1 Å². The lowest BCUT2D eigenvalue weighted by Crippen LogP contribution is -2.18. The van der Waals surface area contributed by atoms with E-state index in [1.54, 1.807) is 48.5 Å². The molecule has 0 aliphatic rings. The third-order valence-electron chi connectivity index (χ3n) is 3.23. The summed E-state index contributed by atoms with van der Waals surface area (Å²) in [6.07, 6.45) is 2.89. The minimum atomic E-state index is -0.327. The van der Waals surface area contributed by atoms with Crippen LogP contribution in [0.3, 0.4) is 0 Å². The molecule has 0 fully saturated rings. The molecule has 1 heterocycles. The number of aromatic nitrogens is 2. The Morgan fingerprint density at radius 1 is 0.625 bits per heavy atom. The number of nitrogens with zero attached hydrogens (tertiary/aromatic N) is 2. The van der Waals surface area contributed by atoms with Gasteiger partial charge in [-0.05, 0) is 24.3 Å².